The molecule has 1 saturated heterocycles. The van der Waals surface area contributed by atoms with Gasteiger partial charge in [-0.3, -0.25) is 9.59 Å². The van der Waals surface area contributed by atoms with Gasteiger partial charge in [-0.2, -0.15) is 0 Å². The highest BCUT2D eigenvalue weighted by Gasteiger charge is 2.28. The molecule has 1 aromatic carbocycles. The Hall–Kier alpha value is -2.48. The molecule has 8 nitrogen and oxygen atoms in total. The number of rotatable bonds is 8. The first kappa shape index (κ1) is 20.8. The largest absolute Gasteiger partial charge is 0.493 e. The summed E-state index contributed by atoms with van der Waals surface area (Å²) in [6.07, 6.45) is 3.41. The number of anilines is 1. The Bertz CT molecular complexity index is 664. The molecule has 1 unspecified atom stereocenters. The Morgan fingerprint density at radius 2 is 2.04 bits per heavy atom. The van der Waals surface area contributed by atoms with Crippen molar-refractivity contribution in [2.24, 2.45) is 0 Å². The number of piperidine rings is 1. The van der Waals surface area contributed by atoms with E-state index < -0.39 is 0 Å². The third-order valence-electron chi connectivity index (χ3n) is 4.68. The van der Waals surface area contributed by atoms with Gasteiger partial charge in [0.25, 0.3) is 5.91 Å². The average Bonchev–Trinajstić information content (AvgIpc) is 2.70. The Labute approximate surface area is 159 Å². The minimum atomic E-state index is -0.300. The van der Waals surface area contributed by atoms with Gasteiger partial charge in [-0.1, -0.05) is 0 Å². The van der Waals surface area contributed by atoms with E-state index in [1.54, 1.807) is 17.0 Å². The summed E-state index contributed by atoms with van der Waals surface area (Å²) >= 11 is 0. The van der Waals surface area contributed by atoms with Gasteiger partial charge >= 0.3 is 5.97 Å². The number of nitrogens with two attached hydrogens (primary N) is 1. The van der Waals surface area contributed by atoms with Gasteiger partial charge in [0.05, 0.1) is 39.0 Å². The van der Waals surface area contributed by atoms with Crippen LogP contribution in [0.25, 0.3) is 0 Å². The molecule has 1 aliphatic heterocycles. The van der Waals surface area contributed by atoms with Crippen molar-refractivity contribution in [1.29, 1.82) is 0 Å². The maximum absolute atomic E-state index is 12.9. The molecular formula is C19H28N2O6. The molecule has 3 N–H and O–H groups in total. The van der Waals surface area contributed by atoms with Crippen LogP contribution in [0.15, 0.2) is 12.1 Å². The maximum atomic E-state index is 12.9. The van der Waals surface area contributed by atoms with Crippen molar-refractivity contribution in [3.63, 3.8) is 0 Å². The molecule has 0 saturated carbocycles. The summed E-state index contributed by atoms with van der Waals surface area (Å²) in [6, 6.07) is 2.93. The van der Waals surface area contributed by atoms with Crippen LogP contribution < -0.4 is 15.2 Å². The van der Waals surface area contributed by atoms with E-state index in [1.165, 1.54) is 14.2 Å². The molecule has 150 valence electrons. The van der Waals surface area contributed by atoms with E-state index in [0.29, 0.717) is 30.0 Å². The molecule has 0 radical (unpaired) electrons. The maximum Gasteiger partial charge on any atom is 0.305 e. The van der Waals surface area contributed by atoms with Crippen LogP contribution in [0.4, 0.5) is 5.69 Å². The number of carbonyl (C=O) groups excluding carboxylic acids is 2. The van der Waals surface area contributed by atoms with Crippen molar-refractivity contribution in [3.05, 3.63) is 17.7 Å². The molecule has 0 spiro atoms. The van der Waals surface area contributed by atoms with Gasteiger partial charge in [0, 0.05) is 24.7 Å². The molecule has 1 aromatic rings. The van der Waals surface area contributed by atoms with Crippen LogP contribution in [0.3, 0.4) is 0 Å². The van der Waals surface area contributed by atoms with Crippen LogP contribution in [-0.4, -0.2) is 61.9 Å². The van der Waals surface area contributed by atoms with Crippen LogP contribution in [0.2, 0.25) is 0 Å². The predicted octanol–water partition coefficient (Wildman–Crippen LogP) is 1.60. The van der Waals surface area contributed by atoms with Crippen LogP contribution in [-0.2, 0) is 9.53 Å². The lowest BCUT2D eigenvalue weighted by atomic mass is 10.0. The second-order valence-electron chi connectivity index (χ2n) is 6.45. The van der Waals surface area contributed by atoms with Crippen molar-refractivity contribution in [3.8, 4) is 11.5 Å². The highest BCUT2D eigenvalue weighted by molar-refractivity contribution is 6.00. The van der Waals surface area contributed by atoms with E-state index in [1.807, 2.05) is 0 Å². The summed E-state index contributed by atoms with van der Waals surface area (Å²) in [6.45, 7) is 0.818. The van der Waals surface area contributed by atoms with Gasteiger partial charge in [0.15, 0.2) is 11.5 Å². The summed E-state index contributed by atoms with van der Waals surface area (Å²) in [7, 11) is 2.82. The Kier molecular flexibility index (Phi) is 7.72. The molecule has 0 aliphatic carbocycles. The topological polar surface area (TPSA) is 111 Å². The number of hydrogen-bond donors (Lipinski definition) is 2. The number of nitrogens with zero attached hydrogens (tertiary/aromatic N) is 1. The van der Waals surface area contributed by atoms with Crippen LogP contribution >= 0.6 is 0 Å². The molecule has 0 bridgehead atoms. The first-order valence-electron chi connectivity index (χ1n) is 9.10. The zero-order valence-corrected chi connectivity index (χ0v) is 15.9. The number of esters is 1. The third-order valence-corrected chi connectivity index (χ3v) is 4.68. The first-order chi connectivity index (χ1) is 13.0. The van der Waals surface area contributed by atoms with Crippen LogP contribution in [0.5, 0.6) is 11.5 Å². The fourth-order valence-electron chi connectivity index (χ4n) is 3.15. The SMILES string of the molecule is COC(=O)CCCOc1cc(N)c(C(=O)N2CCCCC2CO)cc1OC. The summed E-state index contributed by atoms with van der Waals surface area (Å²) in [5, 5.41) is 9.55. The summed E-state index contributed by atoms with van der Waals surface area (Å²) in [5.74, 6) is 0.282. The van der Waals surface area contributed by atoms with Gasteiger partial charge in [0.2, 0.25) is 0 Å². The normalized spacial score (nSPS) is 16.7. The smallest absolute Gasteiger partial charge is 0.305 e. The second kappa shape index (κ2) is 10.0. The molecule has 1 atom stereocenters. The van der Waals surface area contributed by atoms with Gasteiger partial charge in [-0.25, -0.2) is 0 Å². The van der Waals surface area contributed by atoms with E-state index in [0.717, 1.165) is 19.3 Å². The van der Waals surface area contributed by atoms with Gasteiger partial charge in [0.1, 0.15) is 0 Å². The molecule has 1 amide bonds. The van der Waals surface area contributed by atoms with Crippen LogP contribution in [0, 0.1) is 0 Å². The Morgan fingerprint density at radius 1 is 1.26 bits per heavy atom. The van der Waals surface area contributed by atoms with Gasteiger partial charge in [-0.05, 0) is 31.7 Å². The average molecular weight is 380 g/mol. The van der Waals surface area contributed by atoms with Crippen molar-refractivity contribution in [2.75, 3.05) is 39.7 Å². The number of ether oxygens (including phenoxy) is 3. The Balaban J connectivity index is 2.12. The van der Waals surface area contributed by atoms with E-state index in [-0.39, 0.29) is 43.2 Å². The monoisotopic (exact) mass is 380 g/mol. The molecule has 2 rings (SSSR count). The molecule has 1 fully saturated rings. The minimum Gasteiger partial charge on any atom is -0.493 e. The molecular weight excluding hydrogens is 352 g/mol. The van der Waals surface area contributed by atoms with E-state index in [9.17, 15) is 14.7 Å². The summed E-state index contributed by atoms with van der Waals surface area (Å²) in [4.78, 5) is 25.7. The second-order valence-corrected chi connectivity index (χ2v) is 6.45. The number of benzene rings is 1. The molecule has 1 heterocycles. The van der Waals surface area contributed by atoms with Gasteiger partial charge < -0.3 is 30.0 Å². The number of aliphatic hydroxyl groups is 1. The Morgan fingerprint density at radius 3 is 2.70 bits per heavy atom. The molecule has 1 aliphatic rings. The lowest BCUT2D eigenvalue weighted by molar-refractivity contribution is -0.140. The van der Waals surface area contributed by atoms with Gasteiger partial charge in [-0.15, -0.1) is 0 Å². The predicted molar refractivity (Wildman–Crippen MR) is 99.9 cm³/mol. The highest BCUT2D eigenvalue weighted by Crippen LogP contribution is 2.34. The quantitative estimate of drug-likeness (QED) is 0.400. The first-order valence-corrected chi connectivity index (χ1v) is 9.10. The standard InChI is InChI=1S/C19H28N2O6/c1-25-16-10-14(19(24)21-8-4-3-6-13(21)12-22)15(20)11-17(16)27-9-5-7-18(23)26-2/h10-11,13,22H,3-9,12,20H2,1-2H3. The molecule has 27 heavy (non-hydrogen) atoms. The molecule has 0 aromatic heterocycles. The third kappa shape index (κ3) is 5.26. The number of hydrogen-bond acceptors (Lipinski definition) is 7. The van der Waals surface area contributed by atoms with Crippen molar-refractivity contribution >= 4 is 17.6 Å². The fourth-order valence-corrected chi connectivity index (χ4v) is 3.15. The van der Waals surface area contributed by atoms with E-state index in [2.05, 4.69) is 4.74 Å². The zero-order valence-electron chi connectivity index (χ0n) is 15.9. The van der Waals surface area contributed by atoms with Crippen LogP contribution in [0.1, 0.15) is 42.5 Å². The number of amides is 1. The zero-order chi connectivity index (χ0) is 19.8. The number of likely N-dealkylation sites (tertiary alicyclic amines) is 1. The number of methoxy groups -OCH3 is 2. The fraction of sp³-hybridized carbons (Fsp3) is 0.579. The van der Waals surface area contributed by atoms with E-state index >= 15 is 0 Å². The minimum absolute atomic E-state index is 0.0653. The number of nitrogen functional groups attached to an aromatic ring is 1. The number of aliphatic hydroxyl groups excluding tert-OH is 1. The molecule has 8 heteroatoms. The summed E-state index contributed by atoms with van der Waals surface area (Å²) < 4.78 is 15.6. The van der Waals surface area contributed by atoms with E-state index in [4.69, 9.17) is 15.2 Å². The lowest BCUT2D eigenvalue weighted by Gasteiger charge is -2.35. The van der Waals surface area contributed by atoms with Crippen molar-refractivity contribution in [2.45, 2.75) is 38.1 Å². The highest BCUT2D eigenvalue weighted by atomic mass is 16.5. The van der Waals surface area contributed by atoms with Crippen molar-refractivity contribution in [1.82, 2.24) is 4.90 Å². The number of carbonyl (C=O) groups is 2. The van der Waals surface area contributed by atoms with Crippen molar-refractivity contribution < 1.29 is 28.9 Å². The lowest BCUT2D eigenvalue weighted by Crippen LogP contribution is -2.45. The summed E-state index contributed by atoms with van der Waals surface area (Å²) in [5.41, 5.74) is 6.71.